The number of allylic oxidation sites excluding steroid dienone is 4. The molecule has 0 radical (unpaired) electrons. The number of nitrogens with zero attached hydrogens (tertiary/aromatic N) is 3. The van der Waals surface area contributed by atoms with Crippen molar-refractivity contribution < 1.29 is 9.32 Å². The molecular weight excluding hydrogens is 468 g/mol. The molecule has 1 atom stereocenters. The van der Waals surface area contributed by atoms with Crippen LogP contribution < -0.4 is 5.32 Å². The molecule has 1 aliphatic heterocycles. The zero-order chi connectivity index (χ0) is 26.5. The summed E-state index contributed by atoms with van der Waals surface area (Å²) in [6.07, 6.45) is 10.9. The maximum absolute atomic E-state index is 9.93. The molecule has 1 aromatic carbocycles. The molecule has 0 bridgehead atoms. The highest BCUT2D eigenvalue weighted by molar-refractivity contribution is 8.03. The number of aldehydes is 1. The summed E-state index contributed by atoms with van der Waals surface area (Å²) in [5.41, 5.74) is 5.32. The summed E-state index contributed by atoms with van der Waals surface area (Å²) in [5.74, 6) is 3.57. The molecule has 0 aliphatic carbocycles. The van der Waals surface area contributed by atoms with Crippen LogP contribution in [0.4, 0.5) is 5.82 Å². The molecule has 6 nitrogen and oxygen atoms in total. The van der Waals surface area contributed by atoms with Crippen LogP contribution in [-0.2, 0) is 4.79 Å². The molecular formula is C29H32N4O2S. The first kappa shape index (κ1) is 28.3. The van der Waals surface area contributed by atoms with Crippen molar-refractivity contribution in [2.24, 2.45) is 10.9 Å². The lowest BCUT2D eigenvalue weighted by atomic mass is 10.0. The molecule has 2 aromatic heterocycles. The number of benzene rings is 1. The van der Waals surface area contributed by atoms with Gasteiger partial charge < -0.3 is 14.6 Å². The van der Waals surface area contributed by atoms with Crippen LogP contribution in [0.3, 0.4) is 0 Å². The van der Waals surface area contributed by atoms with Crippen LogP contribution in [0.25, 0.3) is 0 Å². The molecule has 186 valence electrons. The fourth-order valence-corrected chi connectivity index (χ4v) is 3.99. The highest BCUT2D eigenvalue weighted by Gasteiger charge is 2.18. The minimum Gasteiger partial charge on any atom is -0.370 e. The number of thioether (sulfide) groups is 1. The number of aliphatic imine (C=N–C) groups is 1. The van der Waals surface area contributed by atoms with Crippen molar-refractivity contribution in [1.82, 2.24) is 10.1 Å². The summed E-state index contributed by atoms with van der Waals surface area (Å²) in [6.45, 7) is 9.94. The largest absolute Gasteiger partial charge is 0.370 e. The maximum atomic E-state index is 9.93. The highest BCUT2D eigenvalue weighted by atomic mass is 32.2. The topological polar surface area (TPSA) is 80.4 Å². The third-order valence-corrected chi connectivity index (χ3v) is 6.23. The lowest BCUT2D eigenvalue weighted by Crippen LogP contribution is -2.08. The molecule has 0 amide bonds. The van der Waals surface area contributed by atoms with Gasteiger partial charge in [-0.05, 0) is 52.3 Å². The van der Waals surface area contributed by atoms with Gasteiger partial charge in [0.2, 0.25) is 0 Å². The second-order valence-corrected chi connectivity index (χ2v) is 9.05. The molecule has 3 heterocycles. The Morgan fingerprint density at radius 3 is 2.42 bits per heavy atom. The zero-order valence-electron chi connectivity index (χ0n) is 21.6. The second-order valence-electron chi connectivity index (χ2n) is 7.80. The fourth-order valence-electron chi connectivity index (χ4n) is 3.04. The van der Waals surface area contributed by atoms with E-state index >= 15 is 0 Å². The number of fused-ring (bicyclic) bond motifs is 1. The number of rotatable bonds is 4. The first-order valence-corrected chi connectivity index (χ1v) is 12.3. The van der Waals surface area contributed by atoms with Crippen LogP contribution in [0.1, 0.15) is 43.4 Å². The van der Waals surface area contributed by atoms with Crippen LogP contribution >= 0.6 is 11.8 Å². The van der Waals surface area contributed by atoms with Gasteiger partial charge in [-0.3, -0.25) is 4.98 Å². The van der Waals surface area contributed by atoms with E-state index in [1.54, 1.807) is 31.0 Å². The maximum Gasteiger partial charge on any atom is 0.169 e. The van der Waals surface area contributed by atoms with E-state index in [1.165, 1.54) is 9.80 Å². The van der Waals surface area contributed by atoms with Crippen molar-refractivity contribution in [2.45, 2.75) is 39.5 Å². The molecule has 1 unspecified atom stereocenters. The molecule has 0 saturated heterocycles. The molecule has 1 N–H and O–H groups in total. The van der Waals surface area contributed by atoms with Gasteiger partial charge in [0.1, 0.15) is 12.0 Å². The van der Waals surface area contributed by atoms with E-state index in [0.717, 1.165) is 46.1 Å². The summed E-state index contributed by atoms with van der Waals surface area (Å²) in [6, 6.07) is 14.3. The Labute approximate surface area is 218 Å². The van der Waals surface area contributed by atoms with Crippen molar-refractivity contribution in [3.8, 4) is 12.3 Å². The SMILES string of the molecule is C#CC(C=O)/C=C\C.CC1=C(C)Sc2ccccc2C(c2ncccc2C)=N1.CNc1cc(C)on1. The number of nitrogens with one attached hydrogen (secondary N) is 1. The van der Waals surface area contributed by atoms with E-state index in [1.807, 2.05) is 32.2 Å². The number of hydrogen-bond acceptors (Lipinski definition) is 7. The predicted octanol–water partition coefficient (Wildman–Crippen LogP) is 6.62. The van der Waals surface area contributed by atoms with Gasteiger partial charge in [0.05, 0.1) is 17.3 Å². The van der Waals surface area contributed by atoms with E-state index in [9.17, 15) is 4.79 Å². The third kappa shape index (κ3) is 8.10. The number of aryl methyl sites for hydroxylation is 2. The number of hydrogen-bond donors (Lipinski definition) is 1. The van der Waals surface area contributed by atoms with Gasteiger partial charge in [-0.2, -0.15) is 0 Å². The average Bonchev–Trinajstić information content (AvgIpc) is 3.27. The minimum atomic E-state index is -0.333. The Kier molecular flexibility index (Phi) is 11.4. The summed E-state index contributed by atoms with van der Waals surface area (Å²) in [4.78, 5) is 21.8. The Hall–Kier alpha value is -3.89. The minimum absolute atomic E-state index is 0.333. The number of terminal acetylenes is 1. The number of anilines is 1. The van der Waals surface area contributed by atoms with Crippen molar-refractivity contribution in [2.75, 3.05) is 12.4 Å². The molecule has 4 rings (SSSR count). The van der Waals surface area contributed by atoms with Gasteiger partial charge in [0.25, 0.3) is 0 Å². The van der Waals surface area contributed by atoms with E-state index < -0.39 is 0 Å². The van der Waals surface area contributed by atoms with E-state index in [-0.39, 0.29) is 5.92 Å². The molecule has 0 spiro atoms. The van der Waals surface area contributed by atoms with E-state index in [4.69, 9.17) is 15.9 Å². The smallest absolute Gasteiger partial charge is 0.169 e. The van der Waals surface area contributed by atoms with Gasteiger partial charge in [0, 0.05) is 40.4 Å². The Bertz CT molecular complexity index is 1300. The van der Waals surface area contributed by atoms with Crippen LogP contribution in [0.5, 0.6) is 0 Å². The Morgan fingerprint density at radius 1 is 1.14 bits per heavy atom. The van der Waals surface area contributed by atoms with Crippen LogP contribution in [-0.4, -0.2) is 29.2 Å². The van der Waals surface area contributed by atoms with Crippen LogP contribution in [0.15, 0.2) is 85.8 Å². The third-order valence-electron chi connectivity index (χ3n) is 5.05. The number of aromatic nitrogens is 2. The van der Waals surface area contributed by atoms with Gasteiger partial charge in [-0.1, -0.05) is 59.3 Å². The van der Waals surface area contributed by atoms with Crippen molar-refractivity contribution in [3.63, 3.8) is 0 Å². The van der Waals surface area contributed by atoms with Gasteiger partial charge in [0.15, 0.2) is 5.82 Å². The van der Waals surface area contributed by atoms with Crippen LogP contribution in [0, 0.1) is 32.1 Å². The number of carbonyl (C=O) groups is 1. The molecule has 0 fully saturated rings. The molecule has 36 heavy (non-hydrogen) atoms. The Morgan fingerprint density at radius 2 is 1.89 bits per heavy atom. The first-order valence-electron chi connectivity index (χ1n) is 11.4. The molecule has 3 aromatic rings. The molecule has 0 saturated carbocycles. The second kappa shape index (κ2) is 14.5. The highest BCUT2D eigenvalue weighted by Crippen LogP contribution is 2.36. The summed E-state index contributed by atoms with van der Waals surface area (Å²) < 4.78 is 4.74. The normalized spacial score (nSPS) is 13.1. The lowest BCUT2D eigenvalue weighted by Gasteiger charge is -2.10. The summed E-state index contributed by atoms with van der Waals surface area (Å²) >= 11 is 1.78. The lowest BCUT2D eigenvalue weighted by molar-refractivity contribution is -0.108. The summed E-state index contributed by atoms with van der Waals surface area (Å²) in [7, 11) is 1.80. The first-order chi connectivity index (χ1) is 17.3. The van der Waals surface area contributed by atoms with E-state index in [0.29, 0.717) is 0 Å². The number of carbonyl (C=O) groups excluding carboxylic acids is 1. The van der Waals surface area contributed by atoms with Gasteiger partial charge in [-0.25, -0.2) is 4.99 Å². The predicted molar refractivity (Wildman–Crippen MR) is 149 cm³/mol. The molecule has 7 heteroatoms. The van der Waals surface area contributed by atoms with Crippen molar-refractivity contribution in [1.29, 1.82) is 0 Å². The average molecular weight is 501 g/mol. The zero-order valence-corrected chi connectivity index (χ0v) is 22.4. The Balaban J connectivity index is 0.000000236. The van der Waals surface area contributed by atoms with Crippen LogP contribution in [0.2, 0.25) is 0 Å². The summed E-state index contributed by atoms with van der Waals surface area (Å²) in [5, 5.41) is 6.49. The fraction of sp³-hybridized carbons (Fsp3) is 0.241. The van der Waals surface area contributed by atoms with E-state index in [2.05, 4.69) is 72.5 Å². The quantitative estimate of drug-likeness (QED) is 0.246. The van der Waals surface area contributed by atoms with Gasteiger partial charge >= 0.3 is 0 Å². The number of pyridine rings is 1. The molecule has 1 aliphatic rings. The standard InChI is InChI=1S/C17H16N2S.C7H8O.C5H8N2O/c1-11-7-6-10-18-16(11)17-14-8-4-5-9-15(14)20-13(3)12(2)19-17;1-3-5-7(4-2)6-8;1-4-3-5(6-2)7-8-4/h4-10H,1-3H3;2-3,5-7H,1H3;3H,1-2H3,(H,6,7)/b;5-3-;. The monoisotopic (exact) mass is 500 g/mol. The van der Waals surface area contributed by atoms with Crippen molar-refractivity contribution in [3.05, 3.63) is 94.0 Å². The van der Waals surface area contributed by atoms with Gasteiger partial charge in [-0.15, -0.1) is 6.42 Å². The van der Waals surface area contributed by atoms with Crippen molar-refractivity contribution >= 4 is 29.6 Å².